The van der Waals surface area contributed by atoms with E-state index in [1.165, 1.54) is 219 Å². The fourth-order valence-electron chi connectivity index (χ4n) is 18.6. The van der Waals surface area contributed by atoms with Crippen molar-refractivity contribution in [2.75, 3.05) is 0 Å². The van der Waals surface area contributed by atoms with Gasteiger partial charge < -0.3 is 0 Å². The van der Waals surface area contributed by atoms with Crippen LogP contribution < -0.4 is 0 Å². The molecule has 0 heterocycles. The van der Waals surface area contributed by atoms with Crippen molar-refractivity contribution >= 4 is 5.78 Å². The van der Waals surface area contributed by atoms with Gasteiger partial charge in [0.1, 0.15) is 5.78 Å². The number of carbonyl (C=O) groups excluding carboxylic acids is 1. The fourth-order valence-corrected chi connectivity index (χ4v) is 18.6. The highest BCUT2D eigenvalue weighted by Crippen LogP contribution is 2.62. The van der Waals surface area contributed by atoms with E-state index < -0.39 is 0 Å². The maximum absolute atomic E-state index is 10.7. The van der Waals surface area contributed by atoms with Crippen molar-refractivity contribution in [1.29, 1.82) is 0 Å². The first-order valence-corrected chi connectivity index (χ1v) is 35.1. The van der Waals surface area contributed by atoms with Gasteiger partial charge >= 0.3 is 0 Å². The molecule has 22 rings (SSSR count). The largest absolute Gasteiger partial charge is 0.300 e. The average Bonchev–Trinajstić information content (AvgIpc) is 4.21. The normalized spacial score (nSPS) is 44.2. The zero-order valence-electron chi connectivity index (χ0n) is 48.6. The Kier molecular flexibility index (Phi) is 20.6. The number of Topliss-reactive ketones (excluding diaryl/α,β-unsaturated/α-hetero) is 1. The van der Waals surface area contributed by atoms with Gasteiger partial charge in [-0.25, -0.2) is 0 Å². The molecule has 74 heavy (non-hydrogen) atoms. The van der Waals surface area contributed by atoms with Crippen molar-refractivity contribution in [1.82, 2.24) is 0 Å². The Bertz CT molecular complexity index is 1670. The van der Waals surface area contributed by atoms with Crippen molar-refractivity contribution in [2.45, 2.75) is 308 Å². The highest BCUT2D eigenvalue weighted by Gasteiger charge is 2.52. The molecular weight excluding hydrogens is 893 g/mol. The molecule has 1 heteroatoms. The van der Waals surface area contributed by atoms with E-state index in [-0.39, 0.29) is 0 Å². The van der Waals surface area contributed by atoms with Crippen molar-refractivity contribution < 1.29 is 4.79 Å². The molecule has 22 aliphatic rings. The molecule has 0 aromatic rings. The van der Waals surface area contributed by atoms with E-state index in [1.807, 2.05) is 0 Å². The lowest BCUT2D eigenvalue weighted by Crippen LogP contribution is -2.33. The summed E-state index contributed by atoms with van der Waals surface area (Å²) in [6.07, 6.45) is 81.0. The third kappa shape index (κ3) is 17.2. The second kappa shape index (κ2) is 27.9. The van der Waals surface area contributed by atoms with Gasteiger partial charge in [-0.15, -0.1) is 0 Å². The maximum Gasteiger partial charge on any atom is 0.133 e. The summed E-state index contributed by atoms with van der Waals surface area (Å²) in [7, 11) is 0. The first kappa shape index (κ1) is 54.8. The third-order valence-electron chi connectivity index (χ3n) is 24.9. The van der Waals surface area contributed by atoms with Gasteiger partial charge in [0, 0.05) is 12.8 Å². The van der Waals surface area contributed by atoms with E-state index in [2.05, 4.69) is 24.3 Å². The molecule has 0 aliphatic heterocycles. The minimum absolute atomic E-state index is 0.512. The fraction of sp³-hybridized carbons (Fsp3) is 0.904. The molecule has 0 radical (unpaired) electrons. The Morgan fingerprint density at radius 3 is 0.932 bits per heavy atom. The van der Waals surface area contributed by atoms with Crippen LogP contribution in [-0.2, 0) is 4.79 Å². The maximum atomic E-state index is 10.7. The molecule has 0 N–H and O–H groups in total. The Hall–Kier alpha value is -1.11. The monoisotopic (exact) mass is 1010 g/mol. The topological polar surface area (TPSA) is 17.1 Å². The van der Waals surface area contributed by atoms with E-state index in [1.54, 1.807) is 159 Å². The van der Waals surface area contributed by atoms with Gasteiger partial charge in [0.2, 0.25) is 0 Å². The predicted molar refractivity (Wildman–Crippen MR) is 315 cm³/mol. The van der Waals surface area contributed by atoms with Crippen LogP contribution >= 0.6 is 0 Å². The van der Waals surface area contributed by atoms with E-state index in [0.717, 1.165) is 48.3 Å². The molecule has 19 saturated carbocycles. The van der Waals surface area contributed by atoms with Gasteiger partial charge in [-0.3, -0.25) is 4.79 Å². The summed E-state index contributed by atoms with van der Waals surface area (Å²) in [6, 6.07) is 0. The quantitative estimate of drug-likeness (QED) is 0.221. The van der Waals surface area contributed by atoms with Crippen LogP contribution in [0.1, 0.15) is 308 Å². The molecule has 0 aromatic heterocycles. The second-order valence-electron chi connectivity index (χ2n) is 30.4. The van der Waals surface area contributed by atoms with Gasteiger partial charge in [-0.1, -0.05) is 216 Å². The standard InChI is InChI=1S/C11H20.C9H16.C8H12.C8H10.C7H10O.2C7H12.2C6H10.C4H6/c1-2-6-10-8-4-5-9-11(10)7-3-1;1-2-5-9-7-3-6-8(9)4-1;2*1-2-4-8-6-5-7(8)3-1;8-7-3-5-1-6(2-5)4-7;1-2-6-4-7(3-1)5-6;1-2-4-7-5-6(7)3-1;2*1-2-5-4-6(5)3-1;1-3-2-4(1)3/h10-11H,1-9H2;8-9H,1-7H2;1,3,7-8H,2,4-6H2;1,3H,2,4-6H2;5-6H,1-4H2;2*6-7H,1-5H2;2*5-6H,1-4H2;3-4H,1-2H2. The Morgan fingerprint density at radius 2 is 0.676 bits per heavy atom. The summed E-state index contributed by atoms with van der Waals surface area (Å²) in [5.41, 5.74) is 3.36. The van der Waals surface area contributed by atoms with Gasteiger partial charge in [0.15, 0.2) is 0 Å². The zero-order chi connectivity index (χ0) is 49.9. The van der Waals surface area contributed by atoms with Crippen molar-refractivity contribution in [2.24, 2.45) is 107 Å². The Morgan fingerprint density at radius 1 is 0.284 bits per heavy atom. The Labute approximate surface area is 458 Å². The molecule has 22 aliphatic carbocycles. The minimum atomic E-state index is 0.512. The number of fused-ring (bicyclic) bond motifs is 11. The van der Waals surface area contributed by atoms with Gasteiger partial charge in [-0.05, 0) is 221 Å². The lowest BCUT2D eigenvalue weighted by atomic mass is 9.65. The van der Waals surface area contributed by atoms with Gasteiger partial charge in [0.25, 0.3) is 0 Å². The molecule has 4 bridgehead atoms. The van der Waals surface area contributed by atoms with Crippen LogP contribution in [0.15, 0.2) is 35.5 Å². The molecule has 416 valence electrons. The minimum Gasteiger partial charge on any atom is -0.300 e. The predicted octanol–water partition coefficient (Wildman–Crippen LogP) is 21.9. The van der Waals surface area contributed by atoms with Crippen molar-refractivity contribution in [3.8, 4) is 0 Å². The number of carbonyl (C=O) groups is 1. The average molecular weight is 1010 g/mol. The summed E-state index contributed by atoms with van der Waals surface area (Å²) < 4.78 is 0. The van der Waals surface area contributed by atoms with E-state index in [9.17, 15) is 4.79 Å². The Balaban J connectivity index is 0.0000000889. The van der Waals surface area contributed by atoms with Crippen molar-refractivity contribution in [3.05, 3.63) is 35.5 Å². The number of ketones is 1. The zero-order valence-corrected chi connectivity index (χ0v) is 48.6. The van der Waals surface area contributed by atoms with Crippen LogP contribution in [0.3, 0.4) is 0 Å². The van der Waals surface area contributed by atoms with Gasteiger partial charge in [-0.2, -0.15) is 0 Å². The molecule has 0 spiro atoms. The lowest BCUT2D eigenvalue weighted by molar-refractivity contribution is -0.127. The first-order chi connectivity index (χ1) is 36.5. The molecule has 12 unspecified atom stereocenters. The van der Waals surface area contributed by atoms with Gasteiger partial charge in [0.05, 0.1) is 0 Å². The van der Waals surface area contributed by atoms with Crippen LogP contribution in [0.5, 0.6) is 0 Å². The highest BCUT2D eigenvalue weighted by atomic mass is 16.1. The van der Waals surface area contributed by atoms with Crippen LogP contribution in [0.25, 0.3) is 0 Å². The molecule has 1 nitrogen and oxygen atoms in total. The summed E-state index contributed by atoms with van der Waals surface area (Å²) in [6.45, 7) is 0. The number of allylic oxidation sites excluding steroid dienone is 6. The SMILES string of the molecule is C1=CC2=C(CC1)CC2.C1=CC2CCC2CC1.C1C2CC12.C1CC2CC(C1)C2.C1CC2CC2C1.C1CC2CC2C1.C1CCC2CC2C1.C1CCC2CCCC2C1.C1CCC2CCCCC2CC1.O=C1CC2CC(C1)C2. The van der Waals surface area contributed by atoms with Crippen LogP contribution in [0.4, 0.5) is 0 Å². The number of rotatable bonds is 0. The summed E-state index contributed by atoms with van der Waals surface area (Å²) >= 11 is 0. The molecular formula is C73H118O. The smallest absolute Gasteiger partial charge is 0.133 e. The van der Waals surface area contributed by atoms with Crippen LogP contribution in [-0.4, -0.2) is 5.78 Å². The summed E-state index contributed by atoms with van der Waals surface area (Å²) in [5.74, 6) is 21.0. The van der Waals surface area contributed by atoms with Crippen LogP contribution in [0.2, 0.25) is 0 Å². The van der Waals surface area contributed by atoms with Crippen molar-refractivity contribution in [3.63, 3.8) is 0 Å². The molecule has 12 atom stereocenters. The summed E-state index contributed by atoms with van der Waals surface area (Å²) in [4.78, 5) is 10.7. The molecule has 0 saturated heterocycles. The second-order valence-corrected chi connectivity index (χ2v) is 30.4. The molecule has 0 amide bonds. The lowest BCUT2D eigenvalue weighted by Gasteiger charge is -2.40. The van der Waals surface area contributed by atoms with E-state index >= 15 is 0 Å². The molecule has 0 aromatic carbocycles. The number of hydrogen-bond donors (Lipinski definition) is 0. The highest BCUT2D eigenvalue weighted by molar-refractivity contribution is 5.80. The summed E-state index contributed by atoms with van der Waals surface area (Å²) in [5, 5.41) is 0. The first-order valence-electron chi connectivity index (χ1n) is 35.1. The number of hydrogen-bond acceptors (Lipinski definition) is 1. The van der Waals surface area contributed by atoms with E-state index in [0.29, 0.717) is 5.78 Å². The third-order valence-corrected chi connectivity index (χ3v) is 24.9. The molecule has 19 fully saturated rings. The van der Waals surface area contributed by atoms with E-state index in [4.69, 9.17) is 0 Å². The van der Waals surface area contributed by atoms with Crippen LogP contribution in [0, 0.1) is 107 Å².